The molecule has 0 aliphatic carbocycles. The fraction of sp³-hybridized carbons (Fsp3) is 0.318. The number of carbonyl (C=O) groups excluding carboxylic acids is 2. The van der Waals surface area contributed by atoms with Crippen molar-refractivity contribution >= 4 is 34.9 Å². The molecule has 1 aromatic carbocycles. The first-order valence-electron chi connectivity index (χ1n) is 9.77. The summed E-state index contributed by atoms with van der Waals surface area (Å²) in [6.45, 7) is 5.02. The Balaban J connectivity index is 1.75. The zero-order valence-corrected chi connectivity index (χ0v) is 19.2. The Morgan fingerprint density at radius 1 is 1.12 bits per heavy atom. The van der Waals surface area contributed by atoms with Gasteiger partial charge in [-0.15, -0.1) is 0 Å². The number of nitrogens with one attached hydrogen (secondary N) is 2. The second-order valence-electron chi connectivity index (χ2n) is 7.90. The molecule has 0 aliphatic heterocycles. The minimum Gasteiger partial charge on any atom is -0.496 e. The standard InChI is InChI=1S/C22H25ClN4O5/c1-22(2,3)32-21(29)24-11-20(28)25-13-6-7-27-12-16(26-19(27)8-13)14-9-15(23)18(31-5)10-17(14)30-4/h6-10,12H,11H2,1-5H3,(H,24,29)(H,25,28). The molecule has 0 radical (unpaired) electrons. The van der Waals surface area contributed by atoms with Crippen molar-refractivity contribution < 1.29 is 23.8 Å². The molecule has 0 saturated carbocycles. The molecule has 10 heteroatoms. The van der Waals surface area contributed by atoms with Crippen LogP contribution in [-0.4, -0.2) is 47.8 Å². The van der Waals surface area contributed by atoms with Crippen LogP contribution in [0, 0.1) is 0 Å². The van der Waals surface area contributed by atoms with Gasteiger partial charge in [-0.1, -0.05) is 11.6 Å². The monoisotopic (exact) mass is 460 g/mol. The van der Waals surface area contributed by atoms with Crippen LogP contribution in [0.5, 0.6) is 11.5 Å². The number of aromatic nitrogens is 2. The summed E-state index contributed by atoms with van der Waals surface area (Å²) in [6.07, 6.45) is 2.93. The van der Waals surface area contributed by atoms with Crippen molar-refractivity contribution in [1.29, 1.82) is 0 Å². The highest BCUT2D eigenvalue weighted by molar-refractivity contribution is 6.32. The van der Waals surface area contributed by atoms with Crippen LogP contribution in [0.4, 0.5) is 10.5 Å². The highest BCUT2D eigenvalue weighted by atomic mass is 35.5. The largest absolute Gasteiger partial charge is 0.496 e. The molecule has 0 spiro atoms. The molecule has 0 unspecified atom stereocenters. The van der Waals surface area contributed by atoms with Crippen molar-refractivity contribution in [1.82, 2.24) is 14.7 Å². The van der Waals surface area contributed by atoms with E-state index in [1.165, 1.54) is 7.11 Å². The van der Waals surface area contributed by atoms with E-state index in [0.29, 0.717) is 39.1 Å². The number of ether oxygens (including phenoxy) is 3. The number of carbonyl (C=O) groups is 2. The van der Waals surface area contributed by atoms with Gasteiger partial charge in [0.25, 0.3) is 0 Å². The molecule has 0 saturated heterocycles. The molecule has 0 fully saturated rings. The lowest BCUT2D eigenvalue weighted by molar-refractivity contribution is -0.115. The summed E-state index contributed by atoms with van der Waals surface area (Å²) in [5, 5.41) is 5.58. The fourth-order valence-electron chi connectivity index (χ4n) is 2.92. The molecule has 9 nitrogen and oxygen atoms in total. The van der Waals surface area contributed by atoms with Crippen LogP contribution < -0.4 is 20.1 Å². The van der Waals surface area contributed by atoms with E-state index in [4.69, 9.17) is 25.8 Å². The van der Waals surface area contributed by atoms with E-state index < -0.39 is 17.6 Å². The van der Waals surface area contributed by atoms with E-state index in [9.17, 15) is 9.59 Å². The molecule has 0 atom stereocenters. The molecule has 3 aromatic rings. The van der Waals surface area contributed by atoms with Gasteiger partial charge in [-0.25, -0.2) is 9.78 Å². The number of alkyl carbamates (subject to hydrolysis) is 1. The Bertz CT molecular complexity index is 1150. The summed E-state index contributed by atoms with van der Waals surface area (Å²) in [5.74, 6) is 0.674. The number of fused-ring (bicyclic) bond motifs is 1. The highest BCUT2D eigenvalue weighted by Gasteiger charge is 2.17. The van der Waals surface area contributed by atoms with Crippen LogP contribution in [0.25, 0.3) is 16.9 Å². The van der Waals surface area contributed by atoms with E-state index in [1.807, 2.05) is 10.6 Å². The lowest BCUT2D eigenvalue weighted by Crippen LogP contribution is -2.37. The predicted octanol–water partition coefficient (Wildman–Crippen LogP) is 4.14. The maximum Gasteiger partial charge on any atom is 0.408 e. The van der Waals surface area contributed by atoms with Gasteiger partial charge >= 0.3 is 6.09 Å². The fourth-order valence-corrected chi connectivity index (χ4v) is 3.16. The van der Waals surface area contributed by atoms with Gasteiger partial charge in [-0.2, -0.15) is 0 Å². The third kappa shape index (κ3) is 5.61. The van der Waals surface area contributed by atoms with Crippen molar-refractivity contribution in [2.45, 2.75) is 26.4 Å². The first-order valence-corrected chi connectivity index (χ1v) is 10.1. The van der Waals surface area contributed by atoms with Gasteiger partial charge in [0.1, 0.15) is 29.3 Å². The van der Waals surface area contributed by atoms with Gasteiger partial charge in [-0.3, -0.25) is 4.79 Å². The zero-order valence-electron chi connectivity index (χ0n) is 18.5. The number of pyridine rings is 1. The molecule has 2 aromatic heterocycles. The third-order valence-corrected chi connectivity index (χ3v) is 4.58. The second-order valence-corrected chi connectivity index (χ2v) is 8.30. The van der Waals surface area contributed by atoms with Gasteiger partial charge in [0, 0.05) is 35.8 Å². The maximum atomic E-state index is 12.2. The Labute approximate surface area is 190 Å². The minimum atomic E-state index is -0.659. The topological polar surface area (TPSA) is 103 Å². The number of halogens is 1. The van der Waals surface area contributed by atoms with Gasteiger partial charge in [0.05, 0.1) is 24.9 Å². The van der Waals surface area contributed by atoms with Crippen LogP contribution in [0.1, 0.15) is 20.8 Å². The third-order valence-electron chi connectivity index (χ3n) is 4.29. The average molecular weight is 461 g/mol. The van der Waals surface area contributed by atoms with Crippen molar-refractivity contribution in [2.75, 3.05) is 26.1 Å². The summed E-state index contributed by atoms with van der Waals surface area (Å²) in [7, 11) is 3.09. The van der Waals surface area contributed by atoms with E-state index in [-0.39, 0.29) is 6.54 Å². The number of rotatable bonds is 6. The normalized spacial score (nSPS) is 11.2. The molecule has 170 valence electrons. The SMILES string of the molecule is COc1cc(OC)c(-c2cn3ccc(NC(=O)CNC(=O)OC(C)(C)C)cc3n2)cc1Cl. The van der Waals surface area contributed by atoms with E-state index >= 15 is 0 Å². The number of amides is 2. The molecule has 2 heterocycles. The van der Waals surface area contributed by atoms with Crippen LogP contribution >= 0.6 is 11.6 Å². The van der Waals surface area contributed by atoms with Crippen LogP contribution in [0.2, 0.25) is 5.02 Å². The molecular formula is C22H25ClN4O5. The van der Waals surface area contributed by atoms with Gasteiger partial charge in [0.2, 0.25) is 5.91 Å². The summed E-state index contributed by atoms with van der Waals surface area (Å²) in [5.41, 5.74) is 1.84. The predicted molar refractivity (Wildman–Crippen MR) is 122 cm³/mol. The molecule has 0 aliphatic rings. The molecular weight excluding hydrogens is 436 g/mol. The van der Waals surface area contributed by atoms with Gasteiger partial charge < -0.3 is 29.2 Å². The van der Waals surface area contributed by atoms with Crippen molar-refractivity contribution in [3.05, 3.63) is 41.7 Å². The number of hydrogen-bond acceptors (Lipinski definition) is 6. The number of anilines is 1. The zero-order chi connectivity index (χ0) is 23.5. The molecule has 32 heavy (non-hydrogen) atoms. The summed E-state index contributed by atoms with van der Waals surface area (Å²) >= 11 is 6.28. The highest BCUT2D eigenvalue weighted by Crippen LogP contribution is 2.38. The number of nitrogens with zero attached hydrogens (tertiary/aromatic N) is 2. The lowest BCUT2D eigenvalue weighted by atomic mass is 10.1. The second kappa shape index (κ2) is 9.35. The number of hydrogen-bond donors (Lipinski definition) is 2. The Kier molecular flexibility index (Phi) is 6.78. The number of imidazole rings is 1. The van der Waals surface area contributed by atoms with Crippen molar-refractivity contribution in [2.24, 2.45) is 0 Å². The molecule has 2 N–H and O–H groups in total. The number of methoxy groups -OCH3 is 2. The first-order chi connectivity index (χ1) is 15.1. The summed E-state index contributed by atoms with van der Waals surface area (Å²) in [4.78, 5) is 28.5. The molecule has 2 amide bonds. The summed E-state index contributed by atoms with van der Waals surface area (Å²) < 4.78 is 17.6. The van der Waals surface area contributed by atoms with Crippen LogP contribution in [0.15, 0.2) is 36.7 Å². The van der Waals surface area contributed by atoms with Crippen LogP contribution in [-0.2, 0) is 9.53 Å². The lowest BCUT2D eigenvalue weighted by Gasteiger charge is -2.19. The minimum absolute atomic E-state index is 0.221. The van der Waals surface area contributed by atoms with E-state index in [0.717, 1.165) is 0 Å². The summed E-state index contributed by atoms with van der Waals surface area (Å²) in [6, 6.07) is 6.87. The van der Waals surface area contributed by atoms with E-state index in [2.05, 4.69) is 15.6 Å². The van der Waals surface area contributed by atoms with Crippen molar-refractivity contribution in [3.8, 4) is 22.8 Å². The van der Waals surface area contributed by atoms with E-state index in [1.54, 1.807) is 58.3 Å². The van der Waals surface area contributed by atoms with Gasteiger partial charge in [0.15, 0.2) is 0 Å². The molecule has 0 bridgehead atoms. The quantitative estimate of drug-likeness (QED) is 0.573. The first kappa shape index (κ1) is 23.2. The van der Waals surface area contributed by atoms with Gasteiger partial charge in [-0.05, 0) is 32.9 Å². The number of benzene rings is 1. The Morgan fingerprint density at radius 2 is 1.84 bits per heavy atom. The molecule has 3 rings (SSSR count). The smallest absolute Gasteiger partial charge is 0.408 e. The maximum absolute atomic E-state index is 12.2. The Hall–Kier alpha value is -3.46. The Morgan fingerprint density at radius 3 is 2.50 bits per heavy atom. The van der Waals surface area contributed by atoms with Crippen molar-refractivity contribution in [3.63, 3.8) is 0 Å². The van der Waals surface area contributed by atoms with Crippen LogP contribution in [0.3, 0.4) is 0 Å². The average Bonchev–Trinajstić information content (AvgIpc) is 3.14.